The molecule has 0 unspecified atom stereocenters. The van der Waals surface area contributed by atoms with Gasteiger partial charge in [0.25, 0.3) is 0 Å². The minimum absolute atomic E-state index is 0.232. The van der Waals surface area contributed by atoms with E-state index in [1.54, 1.807) is 40.9 Å². The third-order valence-electron chi connectivity index (χ3n) is 4.06. The molecule has 0 aliphatic heterocycles. The number of benzene rings is 2. The first kappa shape index (κ1) is 16.4. The maximum absolute atomic E-state index is 13.8. The van der Waals surface area contributed by atoms with Gasteiger partial charge in [-0.1, -0.05) is 24.3 Å². The van der Waals surface area contributed by atoms with E-state index in [1.807, 2.05) is 6.20 Å². The molecule has 0 N–H and O–H groups in total. The summed E-state index contributed by atoms with van der Waals surface area (Å²) in [6.07, 6.45) is 4.60. The van der Waals surface area contributed by atoms with Crippen LogP contribution in [0.4, 0.5) is 4.39 Å². The molecule has 2 heterocycles. The number of halogens is 1. The van der Waals surface area contributed by atoms with Gasteiger partial charge in [-0.25, -0.2) is 22.8 Å². The summed E-state index contributed by atoms with van der Waals surface area (Å²) in [4.78, 5) is 9.05. The molecular weight excluding hydrogens is 353 g/mol. The largest absolute Gasteiger partial charge is 0.283 e. The number of hydrogen-bond donors (Lipinski definition) is 0. The molecule has 0 saturated carbocycles. The molecule has 0 radical (unpaired) electrons. The lowest BCUT2D eigenvalue weighted by molar-refractivity contribution is 0.602. The molecule has 2 aromatic heterocycles. The van der Waals surface area contributed by atoms with Crippen molar-refractivity contribution in [1.82, 2.24) is 14.4 Å². The van der Waals surface area contributed by atoms with E-state index in [9.17, 15) is 12.8 Å². The summed E-state index contributed by atoms with van der Waals surface area (Å²) in [5.74, 6) is 0.133. The van der Waals surface area contributed by atoms with E-state index in [-0.39, 0.29) is 10.7 Å². The summed E-state index contributed by atoms with van der Waals surface area (Å²) in [6, 6.07) is 14.5. The van der Waals surface area contributed by atoms with Gasteiger partial charge in [-0.05, 0) is 30.3 Å². The van der Waals surface area contributed by atoms with Crippen LogP contribution in [-0.4, -0.2) is 29.0 Å². The maximum Gasteiger partial charge on any atom is 0.234 e. The molecule has 0 fully saturated rings. The van der Waals surface area contributed by atoms with Gasteiger partial charge in [0.05, 0.1) is 16.3 Å². The molecule has 7 heteroatoms. The Bertz CT molecular complexity index is 1220. The van der Waals surface area contributed by atoms with Gasteiger partial charge in [-0.15, -0.1) is 0 Å². The average molecular weight is 367 g/mol. The smallest absolute Gasteiger partial charge is 0.234 e. The fourth-order valence-corrected chi connectivity index (χ4v) is 3.49. The molecule has 0 atom stereocenters. The van der Waals surface area contributed by atoms with E-state index < -0.39 is 9.84 Å². The minimum atomic E-state index is -3.28. The van der Waals surface area contributed by atoms with Crippen LogP contribution >= 0.6 is 0 Å². The SMILES string of the molecule is CS(=O)(=O)c1ccc(-c2nc3ncccn3c2-c2cccc(F)c2)cc1. The molecule has 0 spiro atoms. The number of sulfone groups is 1. The number of aromatic nitrogens is 3. The standard InChI is InChI=1S/C19H14FN3O2S/c1-26(24,25)16-8-6-13(7-9-16)17-18(14-4-2-5-15(20)12-14)23-11-3-10-21-19(23)22-17/h2-12H,1H3. The summed E-state index contributed by atoms with van der Waals surface area (Å²) in [5.41, 5.74) is 2.68. The van der Waals surface area contributed by atoms with Gasteiger partial charge in [-0.2, -0.15) is 0 Å². The highest BCUT2D eigenvalue weighted by Crippen LogP contribution is 2.33. The molecule has 130 valence electrons. The van der Waals surface area contributed by atoms with E-state index in [1.165, 1.54) is 24.3 Å². The van der Waals surface area contributed by atoms with Crippen LogP contribution in [0.5, 0.6) is 0 Å². The van der Waals surface area contributed by atoms with Crippen molar-refractivity contribution in [2.24, 2.45) is 0 Å². The molecular formula is C19H14FN3O2S. The highest BCUT2D eigenvalue weighted by atomic mass is 32.2. The van der Waals surface area contributed by atoms with Crippen LogP contribution in [0.1, 0.15) is 0 Å². The first-order chi connectivity index (χ1) is 12.4. The Hall–Kier alpha value is -3.06. The summed E-state index contributed by atoms with van der Waals surface area (Å²) in [7, 11) is -3.28. The molecule has 5 nitrogen and oxygen atoms in total. The third kappa shape index (κ3) is 2.86. The van der Waals surface area contributed by atoms with Crippen LogP contribution < -0.4 is 0 Å². The topological polar surface area (TPSA) is 64.3 Å². The molecule has 0 aliphatic rings. The van der Waals surface area contributed by atoms with Gasteiger partial charge in [-0.3, -0.25) is 4.40 Å². The minimum Gasteiger partial charge on any atom is -0.283 e. The van der Waals surface area contributed by atoms with E-state index in [0.29, 0.717) is 22.7 Å². The predicted molar refractivity (Wildman–Crippen MR) is 96.9 cm³/mol. The lowest BCUT2D eigenvalue weighted by atomic mass is 10.0. The Morgan fingerprint density at radius 1 is 1.00 bits per heavy atom. The molecule has 2 aromatic carbocycles. The van der Waals surface area contributed by atoms with E-state index in [2.05, 4.69) is 9.97 Å². The summed E-state index contributed by atoms with van der Waals surface area (Å²) in [5, 5.41) is 0. The van der Waals surface area contributed by atoms with Crippen molar-refractivity contribution in [2.45, 2.75) is 4.90 Å². The molecule has 0 bridgehead atoms. The zero-order valence-electron chi connectivity index (χ0n) is 13.8. The summed E-state index contributed by atoms with van der Waals surface area (Å²) >= 11 is 0. The Morgan fingerprint density at radius 2 is 1.77 bits per heavy atom. The number of hydrogen-bond acceptors (Lipinski definition) is 4. The monoisotopic (exact) mass is 367 g/mol. The average Bonchev–Trinajstić information content (AvgIpc) is 3.00. The first-order valence-corrected chi connectivity index (χ1v) is 9.72. The van der Waals surface area contributed by atoms with Crippen LogP contribution in [0.3, 0.4) is 0 Å². The van der Waals surface area contributed by atoms with Crippen molar-refractivity contribution in [3.8, 4) is 22.5 Å². The van der Waals surface area contributed by atoms with Crippen LogP contribution in [0.25, 0.3) is 28.3 Å². The second-order valence-corrected chi connectivity index (χ2v) is 7.92. The second kappa shape index (κ2) is 6.03. The van der Waals surface area contributed by atoms with Crippen molar-refractivity contribution >= 4 is 15.6 Å². The Balaban J connectivity index is 1.97. The molecule has 26 heavy (non-hydrogen) atoms. The Morgan fingerprint density at radius 3 is 2.46 bits per heavy atom. The van der Waals surface area contributed by atoms with E-state index in [4.69, 9.17) is 0 Å². The van der Waals surface area contributed by atoms with E-state index >= 15 is 0 Å². The van der Waals surface area contributed by atoms with Gasteiger partial charge in [0.15, 0.2) is 9.84 Å². The molecule has 4 rings (SSSR count). The van der Waals surface area contributed by atoms with Crippen molar-refractivity contribution in [2.75, 3.05) is 6.26 Å². The number of imidazole rings is 1. The highest BCUT2D eigenvalue weighted by molar-refractivity contribution is 7.90. The van der Waals surface area contributed by atoms with Crippen LogP contribution in [-0.2, 0) is 9.84 Å². The van der Waals surface area contributed by atoms with Crippen LogP contribution in [0, 0.1) is 5.82 Å². The van der Waals surface area contributed by atoms with Gasteiger partial charge in [0, 0.05) is 29.8 Å². The normalized spacial score (nSPS) is 11.8. The first-order valence-electron chi connectivity index (χ1n) is 7.83. The van der Waals surface area contributed by atoms with Crippen LogP contribution in [0.2, 0.25) is 0 Å². The zero-order valence-corrected chi connectivity index (χ0v) is 14.6. The van der Waals surface area contributed by atoms with Gasteiger partial charge in [0.2, 0.25) is 5.78 Å². The second-order valence-electron chi connectivity index (χ2n) is 5.91. The van der Waals surface area contributed by atoms with Crippen molar-refractivity contribution in [3.63, 3.8) is 0 Å². The third-order valence-corrected chi connectivity index (χ3v) is 5.19. The quantitative estimate of drug-likeness (QED) is 0.555. The van der Waals surface area contributed by atoms with Crippen LogP contribution in [0.15, 0.2) is 71.9 Å². The maximum atomic E-state index is 13.8. The zero-order chi connectivity index (χ0) is 18.3. The van der Waals surface area contributed by atoms with Gasteiger partial charge >= 0.3 is 0 Å². The van der Waals surface area contributed by atoms with E-state index in [0.717, 1.165) is 11.8 Å². The van der Waals surface area contributed by atoms with Crippen molar-refractivity contribution in [3.05, 3.63) is 72.8 Å². The molecule has 0 amide bonds. The number of nitrogens with zero attached hydrogens (tertiary/aromatic N) is 3. The van der Waals surface area contributed by atoms with Crippen molar-refractivity contribution < 1.29 is 12.8 Å². The summed E-state index contributed by atoms with van der Waals surface area (Å²) in [6.45, 7) is 0. The lowest BCUT2D eigenvalue weighted by Gasteiger charge is -2.06. The Kier molecular flexibility index (Phi) is 3.81. The molecule has 0 aliphatic carbocycles. The summed E-state index contributed by atoms with van der Waals surface area (Å²) < 4.78 is 38.9. The molecule has 0 saturated heterocycles. The van der Waals surface area contributed by atoms with Gasteiger partial charge < -0.3 is 0 Å². The number of fused-ring (bicyclic) bond motifs is 1. The van der Waals surface area contributed by atoms with Crippen molar-refractivity contribution in [1.29, 1.82) is 0 Å². The highest BCUT2D eigenvalue weighted by Gasteiger charge is 2.17. The predicted octanol–water partition coefficient (Wildman–Crippen LogP) is 3.61. The fourth-order valence-electron chi connectivity index (χ4n) is 2.86. The van der Waals surface area contributed by atoms with Gasteiger partial charge in [0.1, 0.15) is 5.82 Å². The fraction of sp³-hybridized carbons (Fsp3) is 0.0526. The number of rotatable bonds is 3. The molecule has 4 aromatic rings. The lowest BCUT2D eigenvalue weighted by Crippen LogP contribution is -1.96. The Labute approximate surface area is 149 Å².